The standard InChI is InChI=1S/C71H124O6/c1-4-7-10-13-16-19-22-25-28-30-31-32-33-34-35-36-37-38-39-41-43-46-49-52-55-58-61-64-70(73)76-67-68(66-75-69(72)63-60-57-54-51-48-45-42-27-24-21-18-15-12-9-6-3)77-71(74)65-62-59-56-53-50-47-44-40-29-26-23-20-17-14-11-8-5-2/h8,11,17,20,22,25-26,29-31,44,47,53,56,68H,4-7,9-10,12-16,18-19,21,23-24,27-28,32-43,45-46,48-52,54-55,57-67H2,1-3H3/b11-8-,20-17-,25-22-,29-26-,31-30-,47-44-,56-53-. The molecule has 77 heavy (non-hydrogen) atoms. The van der Waals surface area contributed by atoms with Gasteiger partial charge in [-0.25, -0.2) is 0 Å². The van der Waals surface area contributed by atoms with Crippen LogP contribution in [0, 0.1) is 0 Å². The second kappa shape index (κ2) is 65.1. The zero-order chi connectivity index (χ0) is 55.7. The average Bonchev–Trinajstić information content (AvgIpc) is 3.43. The average molecular weight is 1070 g/mol. The van der Waals surface area contributed by atoms with Gasteiger partial charge in [0.15, 0.2) is 6.10 Å². The number of carbonyl (C=O) groups is 3. The molecular weight excluding hydrogens is 949 g/mol. The minimum absolute atomic E-state index is 0.0956. The van der Waals surface area contributed by atoms with E-state index in [1.807, 2.05) is 0 Å². The molecule has 0 amide bonds. The van der Waals surface area contributed by atoms with Crippen molar-refractivity contribution >= 4 is 17.9 Å². The van der Waals surface area contributed by atoms with Crippen molar-refractivity contribution in [3.63, 3.8) is 0 Å². The van der Waals surface area contributed by atoms with Crippen molar-refractivity contribution in [3.8, 4) is 0 Å². The minimum Gasteiger partial charge on any atom is -0.462 e. The third kappa shape index (κ3) is 63.3. The van der Waals surface area contributed by atoms with Gasteiger partial charge < -0.3 is 14.2 Å². The topological polar surface area (TPSA) is 78.9 Å². The van der Waals surface area contributed by atoms with Gasteiger partial charge in [0.25, 0.3) is 0 Å². The Bertz CT molecular complexity index is 1470. The maximum absolute atomic E-state index is 12.9. The molecule has 0 aromatic carbocycles. The van der Waals surface area contributed by atoms with Gasteiger partial charge >= 0.3 is 17.9 Å². The lowest BCUT2D eigenvalue weighted by molar-refractivity contribution is -0.167. The molecule has 444 valence electrons. The molecule has 0 aromatic rings. The van der Waals surface area contributed by atoms with E-state index in [4.69, 9.17) is 14.2 Å². The van der Waals surface area contributed by atoms with Crippen LogP contribution >= 0.6 is 0 Å². The van der Waals surface area contributed by atoms with E-state index in [9.17, 15) is 14.4 Å². The Hall–Kier alpha value is -3.41. The molecule has 6 nitrogen and oxygen atoms in total. The Kier molecular flexibility index (Phi) is 62.2. The van der Waals surface area contributed by atoms with E-state index in [0.717, 1.165) is 83.5 Å². The molecule has 0 aliphatic heterocycles. The fraction of sp³-hybridized carbons (Fsp3) is 0.761. The van der Waals surface area contributed by atoms with Crippen LogP contribution in [0.1, 0.15) is 329 Å². The van der Waals surface area contributed by atoms with Crippen LogP contribution in [0.15, 0.2) is 85.1 Å². The van der Waals surface area contributed by atoms with E-state index in [2.05, 4.69) is 106 Å². The van der Waals surface area contributed by atoms with E-state index in [1.54, 1.807) is 0 Å². The number of hydrogen-bond acceptors (Lipinski definition) is 6. The number of ether oxygens (including phenoxy) is 3. The summed E-state index contributed by atoms with van der Waals surface area (Å²) >= 11 is 0. The fourth-order valence-electron chi connectivity index (χ4n) is 9.45. The van der Waals surface area contributed by atoms with E-state index in [1.165, 1.54) is 199 Å². The molecular formula is C71H124O6. The van der Waals surface area contributed by atoms with Gasteiger partial charge in [-0.3, -0.25) is 14.4 Å². The largest absolute Gasteiger partial charge is 0.462 e. The number of esters is 3. The zero-order valence-corrected chi connectivity index (χ0v) is 51.0. The van der Waals surface area contributed by atoms with E-state index >= 15 is 0 Å². The molecule has 0 aliphatic rings. The molecule has 0 heterocycles. The summed E-state index contributed by atoms with van der Waals surface area (Å²) in [5, 5.41) is 0. The summed E-state index contributed by atoms with van der Waals surface area (Å²) in [5.41, 5.74) is 0. The van der Waals surface area contributed by atoms with Crippen LogP contribution in [0.5, 0.6) is 0 Å². The Morgan fingerprint density at radius 3 is 0.831 bits per heavy atom. The number of unbranched alkanes of at least 4 members (excludes halogenated alkanes) is 35. The Morgan fingerprint density at radius 1 is 0.273 bits per heavy atom. The van der Waals surface area contributed by atoms with Gasteiger partial charge in [0.05, 0.1) is 0 Å². The Balaban J connectivity index is 4.32. The highest BCUT2D eigenvalue weighted by atomic mass is 16.6. The quantitative estimate of drug-likeness (QED) is 0.0261. The summed E-state index contributed by atoms with van der Waals surface area (Å²) in [7, 11) is 0. The second-order valence-corrected chi connectivity index (χ2v) is 22.0. The highest BCUT2D eigenvalue weighted by Crippen LogP contribution is 2.17. The molecule has 1 atom stereocenters. The molecule has 0 rings (SSSR count). The molecule has 0 aliphatic carbocycles. The van der Waals surface area contributed by atoms with Gasteiger partial charge in [0, 0.05) is 19.3 Å². The summed E-state index contributed by atoms with van der Waals surface area (Å²) in [6.07, 6.45) is 86.1. The van der Waals surface area contributed by atoms with Gasteiger partial charge in [0.2, 0.25) is 0 Å². The minimum atomic E-state index is -0.805. The first-order valence-corrected chi connectivity index (χ1v) is 33.1. The van der Waals surface area contributed by atoms with Gasteiger partial charge in [-0.1, -0.05) is 305 Å². The first kappa shape index (κ1) is 73.6. The van der Waals surface area contributed by atoms with Gasteiger partial charge in [-0.15, -0.1) is 0 Å². The molecule has 0 saturated carbocycles. The van der Waals surface area contributed by atoms with Crippen LogP contribution < -0.4 is 0 Å². The third-order valence-corrected chi connectivity index (χ3v) is 14.4. The molecule has 1 unspecified atom stereocenters. The fourth-order valence-corrected chi connectivity index (χ4v) is 9.45. The Morgan fingerprint density at radius 2 is 0.519 bits per heavy atom. The van der Waals surface area contributed by atoms with Crippen LogP contribution in [0.4, 0.5) is 0 Å². The van der Waals surface area contributed by atoms with E-state index in [0.29, 0.717) is 19.3 Å². The smallest absolute Gasteiger partial charge is 0.306 e. The number of hydrogen-bond donors (Lipinski definition) is 0. The van der Waals surface area contributed by atoms with Crippen molar-refractivity contribution in [2.75, 3.05) is 13.2 Å². The molecule has 0 fully saturated rings. The van der Waals surface area contributed by atoms with Crippen LogP contribution in [0.25, 0.3) is 0 Å². The highest BCUT2D eigenvalue weighted by Gasteiger charge is 2.19. The molecule has 0 aromatic heterocycles. The molecule has 0 saturated heterocycles. The first-order chi connectivity index (χ1) is 38.0. The first-order valence-electron chi connectivity index (χ1n) is 33.1. The predicted octanol–water partition coefficient (Wildman–Crippen LogP) is 22.7. The molecule has 6 heteroatoms. The summed E-state index contributed by atoms with van der Waals surface area (Å²) in [6, 6.07) is 0. The van der Waals surface area contributed by atoms with Crippen molar-refractivity contribution in [1.82, 2.24) is 0 Å². The predicted molar refractivity (Wildman–Crippen MR) is 334 cm³/mol. The molecule has 0 spiro atoms. The summed E-state index contributed by atoms with van der Waals surface area (Å²) in [5.74, 6) is -0.939. The van der Waals surface area contributed by atoms with E-state index in [-0.39, 0.29) is 37.5 Å². The maximum atomic E-state index is 12.9. The van der Waals surface area contributed by atoms with Crippen molar-refractivity contribution in [3.05, 3.63) is 85.1 Å². The monoisotopic (exact) mass is 1070 g/mol. The summed E-state index contributed by atoms with van der Waals surface area (Å²) < 4.78 is 16.9. The number of rotatable bonds is 60. The van der Waals surface area contributed by atoms with Crippen molar-refractivity contribution in [2.24, 2.45) is 0 Å². The van der Waals surface area contributed by atoms with Crippen LogP contribution in [0.3, 0.4) is 0 Å². The summed E-state index contributed by atoms with van der Waals surface area (Å²) in [4.78, 5) is 38.3. The second-order valence-electron chi connectivity index (χ2n) is 22.0. The third-order valence-electron chi connectivity index (χ3n) is 14.4. The highest BCUT2D eigenvalue weighted by molar-refractivity contribution is 5.71. The molecule has 0 bridgehead atoms. The van der Waals surface area contributed by atoms with Crippen LogP contribution in [-0.4, -0.2) is 37.2 Å². The number of carbonyl (C=O) groups excluding carboxylic acids is 3. The maximum Gasteiger partial charge on any atom is 0.306 e. The van der Waals surface area contributed by atoms with Gasteiger partial charge in [-0.2, -0.15) is 0 Å². The lowest BCUT2D eigenvalue weighted by Crippen LogP contribution is -2.30. The summed E-state index contributed by atoms with van der Waals surface area (Å²) in [6.45, 7) is 6.51. The normalized spacial score (nSPS) is 12.6. The molecule has 0 N–H and O–H groups in total. The van der Waals surface area contributed by atoms with Crippen LogP contribution in [0.2, 0.25) is 0 Å². The van der Waals surface area contributed by atoms with E-state index < -0.39 is 6.10 Å². The molecule has 0 radical (unpaired) electrons. The Labute approximate surface area is 477 Å². The van der Waals surface area contributed by atoms with Crippen LogP contribution in [-0.2, 0) is 28.6 Å². The lowest BCUT2D eigenvalue weighted by atomic mass is 10.0. The SMILES string of the molecule is CC/C=C\C/C=C\C/C=C\C/C=C\C/C=C\CCCC(=O)OC(COC(=O)CCCCCCCCCCCCCCCCC)COC(=O)CCCCCCCCCCCCCCCCC/C=C\C/C=C\CCCCCCC. The lowest BCUT2D eigenvalue weighted by Gasteiger charge is -2.18. The van der Waals surface area contributed by atoms with Gasteiger partial charge in [-0.05, 0) is 89.9 Å². The van der Waals surface area contributed by atoms with Crippen molar-refractivity contribution in [2.45, 2.75) is 335 Å². The van der Waals surface area contributed by atoms with Crippen molar-refractivity contribution in [1.29, 1.82) is 0 Å². The van der Waals surface area contributed by atoms with Crippen molar-refractivity contribution < 1.29 is 28.6 Å². The number of allylic oxidation sites excluding steroid dienone is 14. The van der Waals surface area contributed by atoms with Gasteiger partial charge in [0.1, 0.15) is 13.2 Å². The zero-order valence-electron chi connectivity index (χ0n) is 51.0.